The third kappa shape index (κ3) is 3.63. The average molecular weight is 464 g/mol. The summed E-state index contributed by atoms with van der Waals surface area (Å²) in [6, 6.07) is 13.9. The summed E-state index contributed by atoms with van der Waals surface area (Å²) < 4.78 is 11.1. The largest absolute Gasteiger partial charge is 0.493 e. The molecular weight excluding hydrogens is 430 g/mol. The van der Waals surface area contributed by atoms with E-state index in [9.17, 15) is 9.59 Å². The number of carbonyl (C=O) groups is 2. The molecule has 0 radical (unpaired) electrons. The SMILES string of the molecule is COc1cc2c(cc1OC)[C@H](c1ccccc1)N(CN1C(=O)N[C@]3(CCCC[C@@H]3C)C1=O)CC2. The second-order valence-corrected chi connectivity index (χ2v) is 9.70. The van der Waals surface area contributed by atoms with E-state index in [2.05, 4.69) is 29.3 Å². The summed E-state index contributed by atoms with van der Waals surface area (Å²) >= 11 is 0. The van der Waals surface area contributed by atoms with Crippen molar-refractivity contribution in [2.75, 3.05) is 27.4 Å². The van der Waals surface area contributed by atoms with Gasteiger partial charge in [0.1, 0.15) is 5.54 Å². The number of hydrogen-bond acceptors (Lipinski definition) is 5. The van der Waals surface area contributed by atoms with Gasteiger partial charge in [-0.3, -0.25) is 9.69 Å². The molecule has 1 saturated heterocycles. The van der Waals surface area contributed by atoms with Gasteiger partial charge in [0.15, 0.2) is 11.5 Å². The second-order valence-electron chi connectivity index (χ2n) is 9.70. The molecule has 5 rings (SSSR count). The molecule has 180 valence electrons. The van der Waals surface area contributed by atoms with Crippen LogP contribution in [0.5, 0.6) is 11.5 Å². The predicted octanol–water partition coefficient (Wildman–Crippen LogP) is 4.11. The van der Waals surface area contributed by atoms with Crippen molar-refractivity contribution in [2.45, 2.75) is 50.6 Å². The van der Waals surface area contributed by atoms with Gasteiger partial charge in [-0.05, 0) is 54.0 Å². The Morgan fingerprint density at radius 2 is 1.79 bits per heavy atom. The van der Waals surface area contributed by atoms with E-state index in [0.29, 0.717) is 11.5 Å². The molecule has 2 fully saturated rings. The number of benzene rings is 2. The fraction of sp³-hybridized carbons (Fsp3) is 0.481. The lowest BCUT2D eigenvalue weighted by atomic mass is 9.73. The van der Waals surface area contributed by atoms with Crippen LogP contribution in [0.2, 0.25) is 0 Å². The highest BCUT2D eigenvalue weighted by Crippen LogP contribution is 2.42. The first-order valence-electron chi connectivity index (χ1n) is 12.2. The van der Waals surface area contributed by atoms with Crippen molar-refractivity contribution in [2.24, 2.45) is 5.92 Å². The van der Waals surface area contributed by atoms with Gasteiger partial charge in [-0.1, -0.05) is 50.1 Å². The smallest absolute Gasteiger partial charge is 0.326 e. The zero-order valence-corrected chi connectivity index (χ0v) is 20.2. The van der Waals surface area contributed by atoms with Crippen LogP contribution in [0, 0.1) is 5.92 Å². The summed E-state index contributed by atoms with van der Waals surface area (Å²) in [6.45, 7) is 3.07. The quantitative estimate of drug-likeness (QED) is 0.676. The molecule has 34 heavy (non-hydrogen) atoms. The van der Waals surface area contributed by atoms with E-state index in [4.69, 9.17) is 9.47 Å². The first-order valence-corrected chi connectivity index (χ1v) is 12.2. The van der Waals surface area contributed by atoms with Crippen LogP contribution < -0.4 is 14.8 Å². The fourth-order valence-corrected chi connectivity index (χ4v) is 5.98. The number of nitrogens with zero attached hydrogens (tertiary/aromatic N) is 2. The minimum atomic E-state index is -0.748. The first kappa shape index (κ1) is 22.7. The minimum absolute atomic E-state index is 0.0744. The van der Waals surface area contributed by atoms with E-state index < -0.39 is 5.54 Å². The Bertz CT molecular complexity index is 1090. The lowest BCUT2D eigenvalue weighted by Gasteiger charge is -2.40. The Morgan fingerprint density at radius 3 is 2.50 bits per heavy atom. The van der Waals surface area contributed by atoms with Crippen LogP contribution in [0.25, 0.3) is 0 Å². The number of ether oxygens (including phenoxy) is 2. The van der Waals surface area contributed by atoms with E-state index in [0.717, 1.165) is 49.8 Å². The topological polar surface area (TPSA) is 71.1 Å². The summed E-state index contributed by atoms with van der Waals surface area (Å²) in [4.78, 5) is 30.4. The van der Waals surface area contributed by atoms with Crippen molar-refractivity contribution >= 4 is 11.9 Å². The van der Waals surface area contributed by atoms with E-state index in [-0.39, 0.29) is 30.6 Å². The number of nitrogens with one attached hydrogen (secondary N) is 1. The van der Waals surface area contributed by atoms with Crippen LogP contribution in [-0.2, 0) is 11.2 Å². The molecule has 2 aliphatic heterocycles. The van der Waals surface area contributed by atoms with Crippen molar-refractivity contribution in [1.29, 1.82) is 0 Å². The molecule has 7 nitrogen and oxygen atoms in total. The maximum atomic E-state index is 13.6. The molecule has 1 saturated carbocycles. The summed E-state index contributed by atoms with van der Waals surface area (Å²) in [5, 5.41) is 3.09. The Balaban J connectivity index is 1.50. The summed E-state index contributed by atoms with van der Waals surface area (Å²) in [5.41, 5.74) is 2.67. The third-order valence-corrected chi connectivity index (χ3v) is 7.91. The Labute approximate surface area is 201 Å². The molecule has 2 aromatic carbocycles. The predicted molar refractivity (Wildman–Crippen MR) is 129 cm³/mol. The van der Waals surface area contributed by atoms with Gasteiger partial charge in [0.05, 0.1) is 26.9 Å². The number of rotatable bonds is 5. The third-order valence-electron chi connectivity index (χ3n) is 7.91. The van der Waals surface area contributed by atoms with Gasteiger partial charge in [-0.15, -0.1) is 0 Å². The van der Waals surface area contributed by atoms with Gasteiger partial charge in [0.2, 0.25) is 0 Å². The van der Waals surface area contributed by atoms with E-state index in [1.54, 1.807) is 14.2 Å². The fourth-order valence-electron chi connectivity index (χ4n) is 5.98. The van der Waals surface area contributed by atoms with Crippen molar-refractivity contribution in [1.82, 2.24) is 15.1 Å². The maximum Gasteiger partial charge on any atom is 0.326 e. The number of imide groups is 1. The average Bonchev–Trinajstić information content (AvgIpc) is 3.10. The monoisotopic (exact) mass is 463 g/mol. The first-order chi connectivity index (χ1) is 16.5. The molecule has 2 heterocycles. The van der Waals surface area contributed by atoms with Crippen LogP contribution in [0.15, 0.2) is 42.5 Å². The van der Waals surface area contributed by atoms with Crippen molar-refractivity contribution < 1.29 is 19.1 Å². The molecule has 1 N–H and O–H groups in total. The van der Waals surface area contributed by atoms with Gasteiger partial charge in [0.25, 0.3) is 5.91 Å². The summed E-state index contributed by atoms with van der Waals surface area (Å²) in [5.74, 6) is 1.46. The second kappa shape index (κ2) is 8.95. The summed E-state index contributed by atoms with van der Waals surface area (Å²) in [7, 11) is 3.29. The molecule has 2 aromatic rings. The van der Waals surface area contributed by atoms with E-state index >= 15 is 0 Å². The lowest BCUT2D eigenvalue weighted by molar-refractivity contribution is -0.136. The molecule has 3 atom stereocenters. The van der Waals surface area contributed by atoms with Gasteiger partial charge in [-0.25, -0.2) is 9.69 Å². The summed E-state index contributed by atoms with van der Waals surface area (Å²) in [6.07, 6.45) is 4.55. The molecule has 0 unspecified atom stereocenters. The van der Waals surface area contributed by atoms with Crippen molar-refractivity contribution in [3.8, 4) is 11.5 Å². The zero-order chi connectivity index (χ0) is 23.9. The highest BCUT2D eigenvalue weighted by Gasteiger charge is 2.55. The molecule has 0 bridgehead atoms. The molecule has 3 aliphatic rings. The molecular formula is C27H33N3O4. The number of fused-ring (bicyclic) bond motifs is 1. The highest BCUT2D eigenvalue weighted by atomic mass is 16.5. The standard InChI is InChI=1S/C27H33N3O4/c1-18-9-7-8-13-27(18)25(31)30(26(32)28-27)17-29-14-12-20-15-22(33-2)23(34-3)16-21(20)24(29)19-10-5-4-6-11-19/h4-6,10-11,15-16,18,24H,7-9,12-14,17H2,1-3H3,(H,28,32)/t18-,24-,27-/m0/s1. The Hall–Kier alpha value is -3.06. The lowest BCUT2D eigenvalue weighted by Crippen LogP contribution is -2.54. The number of methoxy groups -OCH3 is 2. The number of carbonyl (C=O) groups excluding carboxylic acids is 2. The molecule has 1 aliphatic carbocycles. The molecule has 1 spiro atoms. The van der Waals surface area contributed by atoms with Gasteiger partial charge in [-0.2, -0.15) is 0 Å². The molecule has 0 aromatic heterocycles. The maximum absolute atomic E-state index is 13.6. The van der Waals surface area contributed by atoms with Crippen LogP contribution in [0.3, 0.4) is 0 Å². The Morgan fingerprint density at radius 1 is 1.06 bits per heavy atom. The van der Waals surface area contributed by atoms with Crippen LogP contribution in [-0.4, -0.2) is 54.7 Å². The van der Waals surface area contributed by atoms with Crippen molar-refractivity contribution in [3.63, 3.8) is 0 Å². The van der Waals surface area contributed by atoms with Gasteiger partial charge < -0.3 is 14.8 Å². The van der Waals surface area contributed by atoms with E-state index in [1.165, 1.54) is 10.5 Å². The number of hydrogen-bond donors (Lipinski definition) is 1. The van der Waals surface area contributed by atoms with Gasteiger partial charge in [0, 0.05) is 6.54 Å². The highest BCUT2D eigenvalue weighted by molar-refractivity contribution is 6.07. The Kier molecular flexibility index (Phi) is 5.98. The van der Waals surface area contributed by atoms with Crippen molar-refractivity contribution in [3.05, 3.63) is 59.2 Å². The number of urea groups is 1. The molecule has 3 amide bonds. The van der Waals surface area contributed by atoms with Crippen LogP contribution in [0.4, 0.5) is 4.79 Å². The van der Waals surface area contributed by atoms with Crippen LogP contribution in [0.1, 0.15) is 55.3 Å². The normalized spacial score (nSPS) is 27.0. The van der Waals surface area contributed by atoms with E-state index in [1.807, 2.05) is 30.3 Å². The van der Waals surface area contributed by atoms with Crippen LogP contribution >= 0.6 is 0 Å². The molecule has 7 heteroatoms. The minimum Gasteiger partial charge on any atom is -0.493 e. The van der Waals surface area contributed by atoms with Gasteiger partial charge >= 0.3 is 6.03 Å². The zero-order valence-electron chi connectivity index (χ0n) is 20.2. The number of amides is 3.